The number of hydrogen-bond acceptors (Lipinski definition) is 3. The molecule has 0 radical (unpaired) electrons. The minimum absolute atomic E-state index is 0.0552. The molecule has 1 aromatic carbocycles. The van der Waals surface area contributed by atoms with Crippen molar-refractivity contribution < 1.29 is 14.3 Å². The van der Waals surface area contributed by atoms with E-state index in [1.54, 1.807) is 26.8 Å². The number of carbonyl (C=O) groups excluding carboxylic acids is 2. The minimum Gasteiger partial charge on any atom is -0.444 e. The molecule has 0 unspecified atom stereocenters. The molecule has 0 fully saturated rings. The molecule has 2 amide bonds. The van der Waals surface area contributed by atoms with Gasteiger partial charge < -0.3 is 15.0 Å². The van der Waals surface area contributed by atoms with Crippen LogP contribution in [0.15, 0.2) is 24.3 Å². The van der Waals surface area contributed by atoms with Gasteiger partial charge in [-0.05, 0) is 61.6 Å². The van der Waals surface area contributed by atoms with Crippen LogP contribution in [0.3, 0.4) is 0 Å². The summed E-state index contributed by atoms with van der Waals surface area (Å²) in [5.41, 5.74) is 0.136. The number of hydrogen-bond donors (Lipinski definition) is 1. The second-order valence-corrected chi connectivity index (χ2v) is 6.64. The Labute approximate surface area is 132 Å². The van der Waals surface area contributed by atoms with Crippen LogP contribution in [0.4, 0.5) is 10.5 Å². The molecule has 0 atom stereocenters. The minimum atomic E-state index is -0.572. The smallest absolute Gasteiger partial charge is 0.410 e. The van der Waals surface area contributed by atoms with Crippen LogP contribution >= 0.6 is 22.6 Å². The Hall–Kier alpha value is -1.31. The number of ether oxygens (including phenoxy) is 1. The van der Waals surface area contributed by atoms with Gasteiger partial charge in [-0.1, -0.05) is 6.07 Å². The number of nitrogens with zero attached hydrogens (tertiary/aromatic N) is 1. The van der Waals surface area contributed by atoms with Crippen LogP contribution in [0.1, 0.15) is 20.8 Å². The molecule has 0 heterocycles. The normalized spacial score (nSPS) is 10.8. The average Bonchev–Trinajstić information content (AvgIpc) is 2.26. The van der Waals surface area contributed by atoms with E-state index in [9.17, 15) is 9.59 Å². The maximum absolute atomic E-state index is 11.8. The van der Waals surface area contributed by atoms with Gasteiger partial charge in [0, 0.05) is 16.3 Å². The number of carbonyl (C=O) groups is 2. The summed E-state index contributed by atoms with van der Waals surface area (Å²) in [7, 11) is 1.53. The van der Waals surface area contributed by atoms with E-state index in [1.165, 1.54) is 11.9 Å². The predicted molar refractivity (Wildman–Crippen MR) is 86.7 cm³/mol. The molecule has 0 aliphatic rings. The molecule has 1 aromatic rings. The van der Waals surface area contributed by atoms with E-state index in [-0.39, 0.29) is 12.5 Å². The van der Waals surface area contributed by atoms with Gasteiger partial charge in [-0.3, -0.25) is 4.79 Å². The van der Waals surface area contributed by atoms with E-state index in [2.05, 4.69) is 27.9 Å². The Morgan fingerprint density at radius 1 is 1.35 bits per heavy atom. The van der Waals surface area contributed by atoms with Gasteiger partial charge in [0.25, 0.3) is 0 Å². The summed E-state index contributed by atoms with van der Waals surface area (Å²) in [6, 6.07) is 7.44. The van der Waals surface area contributed by atoms with Gasteiger partial charge >= 0.3 is 6.09 Å². The first kappa shape index (κ1) is 16.7. The fraction of sp³-hybridized carbons (Fsp3) is 0.429. The van der Waals surface area contributed by atoms with Gasteiger partial charge in [-0.15, -0.1) is 0 Å². The zero-order valence-corrected chi connectivity index (χ0v) is 14.2. The topological polar surface area (TPSA) is 58.6 Å². The van der Waals surface area contributed by atoms with Crippen molar-refractivity contribution in [2.75, 3.05) is 18.9 Å². The Morgan fingerprint density at radius 3 is 2.55 bits per heavy atom. The molecule has 0 saturated heterocycles. The molecule has 0 saturated carbocycles. The fourth-order valence-electron chi connectivity index (χ4n) is 1.39. The van der Waals surface area contributed by atoms with Crippen molar-refractivity contribution in [1.82, 2.24) is 4.90 Å². The lowest BCUT2D eigenvalue weighted by molar-refractivity contribution is -0.117. The summed E-state index contributed by atoms with van der Waals surface area (Å²) in [6.45, 7) is 5.29. The third kappa shape index (κ3) is 6.23. The van der Waals surface area contributed by atoms with Crippen LogP contribution < -0.4 is 5.32 Å². The molecule has 0 aliphatic heterocycles. The number of nitrogens with one attached hydrogen (secondary N) is 1. The highest BCUT2D eigenvalue weighted by Gasteiger charge is 2.21. The van der Waals surface area contributed by atoms with E-state index in [0.717, 1.165) is 3.57 Å². The van der Waals surface area contributed by atoms with Crippen molar-refractivity contribution in [3.05, 3.63) is 27.8 Å². The Bertz CT molecular complexity index is 497. The molecular formula is C14H19IN2O3. The Kier molecular flexibility index (Phi) is 5.79. The van der Waals surface area contributed by atoms with E-state index < -0.39 is 11.7 Å². The van der Waals surface area contributed by atoms with Gasteiger partial charge in [-0.2, -0.15) is 0 Å². The first-order valence-electron chi connectivity index (χ1n) is 6.17. The van der Waals surface area contributed by atoms with Crippen LogP contribution in [-0.4, -0.2) is 36.1 Å². The predicted octanol–water partition coefficient (Wildman–Crippen LogP) is 3.10. The lowest BCUT2D eigenvalue weighted by Gasteiger charge is -2.24. The highest BCUT2D eigenvalue weighted by atomic mass is 127. The SMILES string of the molecule is CN(CC(=O)Nc1cccc(I)c1)C(=O)OC(C)(C)C. The average molecular weight is 390 g/mol. The second-order valence-electron chi connectivity index (χ2n) is 5.39. The standard InChI is InChI=1S/C14H19IN2O3/c1-14(2,3)20-13(19)17(4)9-12(18)16-11-7-5-6-10(15)8-11/h5-8H,9H2,1-4H3,(H,16,18). The summed E-state index contributed by atoms with van der Waals surface area (Å²) < 4.78 is 6.20. The van der Waals surface area contributed by atoms with Crippen LogP contribution in [0, 0.1) is 3.57 Å². The van der Waals surface area contributed by atoms with E-state index in [0.29, 0.717) is 5.69 Å². The molecule has 0 spiro atoms. The molecule has 0 aromatic heterocycles. The third-order valence-electron chi connectivity index (χ3n) is 2.19. The number of amides is 2. The van der Waals surface area contributed by atoms with E-state index in [1.807, 2.05) is 18.2 Å². The van der Waals surface area contributed by atoms with Crippen molar-refractivity contribution >= 4 is 40.3 Å². The van der Waals surface area contributed by atoms with Gasteiger partial charge in [0.1, 0.15) is 12.1 Å². The molecule has 1 N–H and O–H groups in total. The molecule has 0 aliphatic carbocycles. The molecule has 20 heavy (non-hydrogen) atoms. The highest BCUT2D eigenvalue weighted by molar-refractivity contribution is 14.1. The zero-order chi connectivity index (χ0) is 15.3. The fourth-order valence-corrected chi connectivity index (χ4v) is 1.93. The summed E-state index contributed by atoms with van der Waals surface area (Å²) >= 11 is 2.17. The molecule has 0 bridgehead atoms. The van der Waals surface area contributed by atoms with Gasteiger partial charge in [0.2, 0.25) is 5.91 Å². The maximum Gasteiger partial charge on any atom is 0.410 e. The largest absolute Gasteiger partial charge is 0.444 e. The summed E-state index contributed by atoms with van der Waals surface area (Å²) in [5.74, 6) is -0.264. The number of benzene rings is 1. The van der Waals surface area contributed by atoms with Crippen LogP contribution in [0.5, 0.6) is 0 Å². The van der Waals surface area contributed by atoms with Gasteiger partial charge in [-0.25, -0.2) is 4.79 Å². The lowest BCUT2D eigenvalue weighted by Crippen LogP contribution is -2.38. The van der Waals surface area contributed by atoms with Crippen molar-refractivity contribution in [3.63, 3.8) is 0 Å². The van der Waals surface area contributed by atoms with E-state index in [4.69, 9.17) is 4.74 Å². The Morgan fingerprint density at radius 2 is 2.00 bits per heavy atom. The van der Waals surface area contributed by atoms with Crippen molar-refractivity contribution in [2.24, 2.45) is 0 Å². The van der Waals surface area contributed by atoms with Gasteiger partial charge in [0.05, 0.1) is 0 Å². The number of rotatable bonds is 3. The third-order valence-corrected chi connectivity index (χ3v) is 2.87. The van der Waals surface area contributed by atoms with Gasteiger partial charge in [0.15, 0.2) is 0 Å². The Balaban J connectivity index is 2.52. The first-order chi connectivity index (χ1) is 9.17. The van der Waals surface area contributed by atoms with Crippen molar-refractivity contribution in [2.45, 2.75) is 26.4 Å². The summed E-state index contributed by atoms with van der Waals surface area (Å²) in [6.07, 6.45) is -0.518. The molecule has 110 valence electrons. The zero-order valence-electron chi connectivity index (χ0n) is 12.1. The first-order valence-corrected chi connectivity index (χ1v) is 7.25. The number of anilines is 1. The number of halogens is 1. The second kappa shape index (κ2) is 6.92. The van der Waals surface area contributed by atoms with Crippen LogP contribution in [-0.2, 0) is 9.53 Å². The molecule has 1 rings (SSSR count). The molecule has 5 nitrogen and oxygen atoms in total. The van der Waals surface area contributed by atoms with Crippen molar-refractivity contribution in [1.29, 1.82) is 0 Å². The number of likely N-dealkylation sites (N-methyl/N-ethyl adjacent to an activating group) is 1. The summed E-state index contributed by atoms with van der Waals surface area (Å²) in [5, 5.41) is 2.74. The van der Waals surface area contributed by atoms with Crippen molar-refractivity contribution in [3.8, 4) is 0 Å². The summed E-state index contributed by atoms with van der Waals surface area (Å²) in [4.78, 5) is 24.8. The quantitative estimate of drug-likeness (QED) is 0.808. The highest BCUT2D eigenvalue weighted by Crippen LogP contribution is 2.12. The monoisotopic (exact) mass is 390 g/mol. The van der Waals surface area contributed by atoms with E-state index >= 15 is 0 Å². The maximum atomic E-state index is 11.8. The van der Waals surface area contributed by atoms with Crippen LogP contribution in [0.25, 0.3) is 0 Å². The van der Waals surface area contributed by atoms with Crippen LogP contribution in [0.2, 0.25) is 0 Å². The molecule has 6 heteroatoms. The lowest BCUT2D eigenvalue weighted by atomic mass is 10.2. The molecular weight excluding hydrogens is 371 g/mol.